The molecule has 0 spiro atoms. The molecule has 0 radical (unpaired) electrons. The van der Waals surface area contributed by atoms with Crippen LogP contribution < -0.4 is 20.3 Å². The van der Waals surface area contributed by atoms with Crippen LogP contribution in [0, 0.1) is 0 Å². The maximum Gasteiger partial charge on any atom is 0.271 e. The van der Waals surface area contributed by atoms with Gasteiger partial charge < -0.3 is 19.8 Å². The third-order valence-electron chi connectivity index (χ3n) is 3.62. The lowest BCUT2D eigenvalue weighted by Crippen LogP contribution is -2.24. The predicted octanol–water partition coefficient (Wildman–Crippen LogP) is 2.46. The van der Waals surface area contributed by atoms with E-state index in [1.807, 2.05) is 12.1 Å². The Bertz CT molecular complexity index is 954. The molecule has 0 aliphatic carbocycles. The first-order valence-corrected chi connectivity index (χ1v) is 7.86. The van der Waals surface area contributed by atoms with E-state index in [9.17, 15) is 9.59 Å². The highest BCUT2D eigenvalue weighted by Crippen LogP contribution is 2.25. The number of hydrogen-bond donors (Lipinski definition) is 2. The summed E-state index contributed by atoms with van der Waals surface area (Å²) in [5.74, 6) is 0.524. The molecule has 3 rings (SSSR count). The Labute approximate surface area is 149 Å². The molecular formula is C19H17N3O4. The molecule has 0 saturated carbocycles. The summed E-state index contributed by atoms with van der Waals surface area (Å²) in [5.41, 5.74) is 1.38. The lowest BCUT2D eigenvalue weighted by molar-refractivity contribution is -0.118. The van der Waals surface area contributed by atoms with Gasteiger partial charge in [0, 0.05) is 24.2 Å². The van der Waals surface area contributed by atoms with E-state index in [-0.39, 0.29) is 12.3 Å². The third kappa shape index (κ3) is 4.07. The van der Waals surface area contributed by atoms with Crippen LogP contribution in [-0.2, 0) is 4.79 Å². The summed E-state index contributed by atoms with van der Waals surface area (Å²) in [4.78, 5) is 30.7. The Morgan fingerprint density at radius 2 is 1.85 bits per heavy atom. The Morgan fingerprint density at radius 1 is 1.12 bits per heavy atom. The van der Waals surface area contributed by atoms with Gasteiger partial charge >= 0.3 is 0 Å². The van der Waals surface area contributed by atoms with Gasteiger partial charge in [-0.2, -0.15) is 0 Å². The Hall–Kier alpha value is -3.61. The fourth-order valence-corrected chi connectivity index (χ4v) is 2.36. The molecule has 0 saturated heterocycles. The van der Waals surface area contributed by atoms with Gasteiger partial charge in [0.05, 0.1) is 7.11 Å². The summed E-state index contributed by atoms with van der Waals surface area (Å²) < 4.78 is 10.6. The van der Waals surface area contributed by atoms with E-state index >= 15 is 0 Å². The van der Waals surface area contributed by atoms with E-state index in [0.29, 0.717) is 11.5 Å². The number of hydrogen-bond acceptors (Lipinski definition) is 5. The standard InChI is InChI=1S/C19H17N3O4/c1-25-16-4-2-3-5-17(16)26-12-18(23)22-15-10-14(11-21-19(15)24)13-6-8-20-9-7-13/h2-11H,12H2,1H3,(H,21,24)(H,22,23). The van der Waals surface area contributed by atoms with Gasteiger partial charge in [0.2, 0.25) is 0 Å². The zero-order valence-electron chi connectivity index (χ0n) is 14.1. The Balaban J connectivity index is 1.70. The van der Waals surface area contributed by atoms with Gasteiger partial charge in [-0.15, -0.1) is 0 Å². The summed E-state index contributed by atoms with van der Waals surface area (Å²) >= 11 is 0. The minimum Gasteiger partial charge on any atom is -0.493 e. The molecule has 0 atom stereocenters. The molecule has 26 heavy (non-hydrogen) atoms. The molecule has 132 valence electrons. The molecule has 3 aromatic rings. The van der Waals surface area contributed by atoms with Crippen LogP contribution in [0.1, 0.15) is 0 Å². The van der Waals surface area contributed by atoms with Crippen molar-refractivity contribution in [3.05, 3.63) is 71.4 Å². The van der Waals surface area contributed by atoms with Crippen molar-refractivity contribution < 1.29 is 14.3 Å². The van der Waals surface area contributed by atoms with E-state index in [0.717, 1.165) is 11.1 Å². The molecule has 0 aliphatic rings. The van der Waals surface area contributed by atoms with Gasteiger partial charge in [0.15, 0.2) is 18.1 Å². The topological polar surface area (TPSA) is 93.3 Å². The molecule has 0 unspecified atom stereocenters. The number of methoxy groups -OCH3 is 1. The van der Waals surface area contributed by atoms with Gasteiger partial charge in [-0.25, -0.2) is 0 Å². The number of ether oxygens (including phenoxy) is 2. The van der Waals surface area contributed by atoms with Crippen LogP contribution >= 0.6 is 0 Å². The fourth-order valence-electron chi connectivity index (χ4n) is 2.36. The molecule has 2 N–H and O–H groups in total. The first-order chi connectivity index (χ1) is 12.7. The van der Waals surface area contributed by atoms with Crippen molar-refractivity contribution in [2.45, 2.75) is 0 Å². The molecule has 0 aliphatic heterocycles. The van der Waals surface area contributed by atoms with Crippen LogP contribution in [0.5, 0.6) is 11.5 Å². The number of pyridine rings is 2. The average Bonchev–Trinajstić information content (AvgIpc) is 2.69. The smallest absolute Gasteiger partial charge is 0.271 e. The number of H-pyrrole nitrogens is 1. The van der Waals surface area contributed by atoms with Crippen molar-refractivity contribution in [3.63, 3.8) is 0 Å². The van der Waals surface area contributed by atoms with Crippen molar-refractivity contribution in [3.8, 4) is 22.6 Å². The van der Waals surface area contributed by atoms with Crippen LogP contribution in [-0.4, -0.2) is 29.6 Å². The number of carbonyl (C=O) groups is 1. The molecule has 1 aromatic carbocycles. The number of aromatic nitrogens is 2. The van der Waals surface area contributed by atoms with E-state index in [4.69, 9.17) is 9.47 Å². The van der Waals surface area contributed by atoms with Gasteiger partial charge in [-0.3, -0.25) is 14.6 Å². The van der Waals surface area contributed by atoms with Gasteiger partial charge in [-0.05, 0) is 35.9 Å². The number of nitrogens with zero attached hydrogens (tertiary/aromatic N) is 1. The van der Waals surface area contributed by atoms with Crippen molar-refractivity contribution in [2.75, 3.05) is 19.0 Å². The van der Waals surface area contributed by atoms with Crippen LogP contribution in [0.4, 0.5) is 5.69 Å². The normalized spacial score (nSPS) is 10.2. The number of para-hydroxylation sites is 2. The summed E-state index contributed by atoms with van der Waals surface area (Å²) in [6.07, 6.45) is 4.89. The number of nitrogens with one attached hydrogen (secondary N) is 2. The van der Waals surface area contributed by atoms with Crippen LogP contribution in [0.2, 0.25) is 0 Å². The number of anilines is 1. The maximum absolute atomic E-state index is 12.1. The SMILES string of the molecule is COc1ccccc1OCC(=O)Nc1cc(-c2ccncc2)c[nH]c1=O. The molecule has 1 amide bonds. The molecule has 0 fully saturated rings. The second-order valence-corrected chi connectivity index (χ2v) is 5.35. The van der Waals surface area contributed by atoms with Crippen molar-refractivity contribution in [1.29, 1.82) is 0 Å². The Kier molecular flexibility index (Phi) is 5.28. The fraction of sp³-hybridized carbons (Fsp3) is 0.105. The molecule has 2 aromatic heterocycles. The molecule has 0 bridgehead atoms. The van der Waals surface area contributed by atoms with Crippen LogP contribution in [0.3, 0.4) is 0 Å². The second kappa shape index (κ2) is 7.98. The van der Waals surface area contributed by atoms with Crippen LogP contribution in [0.15, 0.2) is 65.8 Å². The van der Waals surface area contributed by atoms with E-state index < -0.39 is 11.5 Å². The zero-order chi connectivity index (χ0) is 18.4. The van der Waals surface area contributed by atoms with Crippen molar-refractivity contribution in [1.82, 2.24) is 9.97 Å². The number of benzene rings is 1. The number of amides is 1. The summed E-state index contributed by atoms with van der Waals surface area (Å²) in [5, 5.41) is 2.56. The molecule has 2 heterocycles. The van der Waals surface area contributed by atoms with Gasteiger partial charge in [0.1, 0.15) is 5.69 Å². The monoisotopic (exact) mass is 351 g/mol. The maximum atomic E-state index is 12.1. The second-order valence-electron chi connectivity index (χ2n) is 5.35. The largest absolute Gasteiger partial charge is 0.493 e. The van der Waals surface area contributed by atoms with E-state index in [1.54, 1.807) is 48.9 Å². The summed E-state index contributed by atoms with van der Waals surface area (Å²) in [6.45, 7) is -0.251. The number of aromatic amines is 1. The zero-order valence-corrected chi connectivity index (χ0v) is 14.1. The third-order valence-corrected chi connectivity index (χ3v) is 3.62. The van der Waals surface area contributed by atoms with Crippen molar-refractivity contribution in [2.24, 2.45) is 0 Å². The van der Waals surface area contributed by atoms with Crippen LogP contribution in [0.25, 0.3) is 11.1 Å². The van der Waals surface area contributed by atoms with Gasteiger partial charge in [-0.1, -0.05) is 12.1 Å². The first-order valence-electron chi connectivity index (χ1n) is 7.86. The first kappa shape index (κ1) is 17.2. The quantitative estimate of drug-likeness (QED) is 0.712. The van der Waals surface area contributed by atoms with E-state index in [1.165, 1.54) is 7.11 Å². The van der Waals surface area contributed by atoms with Gasteiger partial charge in [0.25, 0.3) is 11.5 Å². The highest BCUT2D eigenvalue weighted by molar-refractivity contribution is 5.92. The lowest BCUT2D eigenvalue weighted by Gasteiger charge is -2.10. The minimum atomic E-state index is -0.451. The number of carbonyl (C=O) groups excluding carboxylic acids is 1. The molecule has 7 heteroatoms. The average molecular weight is 351 g/mol. The van der Waals surface area contributed by atoms with E-state index in [2.05, 4.69) is 15.3 Å². The lowest BCUT2D eigenvalue weighted by atomic mass is 10.1. The van der Waals surface area contributed by atoms with Crippen molar-refractivity contribution >= 4 is 11.6 Å². The predicted molar refractivity (Wildman–Crippen MR) is 97.4 cm³/mol. The minimum absolute atomic E-state index is 0.146. The highest BCUT2D eigenvalue weighted by atomic mass is 16.5. The summed E-state index contributed by atoms with van der Waals surface area (Å²) in [7, 11) is 1.52. The Morgan fingerprint density at radius 3 is 2.58 bits per heavy atom. The summed E-state index contributed by atoms with van der Waals surface area (Å²) in [6, 6.07) is 12.2. The molecule has 7 nitrogen and oxygen atoms in total. The molecular weight excluding hydrogens is 334 g/mol. The number of rotatable bonds is 6. The highest BCUT2D eigenvalue weighted by Gasteiger charge is 2.10.